The van der Waals surface area contributed by atoms with E-state index in [1.54, 1.807) is 0 Å². The highest BCUT2D eigenvalue weighted by Crippen LogP contribution is 2.06. The summed E-state index contributed by atoms with van der Waals surface area (Å²) < 4.78 is 4.21. The van der Waals surface area contributed by atoms with Crippen molar-refractivity contribution in [1.29, 1.82) is 0 Å². The van der Waals surface area contributed by atoms with Crippen LogP contribution in [0, 0.1) is 6.92 Å². The molecule has 44 valence electrons. The van der Waals surface area contributed by atoms with Crippen LogP contribution in [0.5, 0.6) is 5.95 Å². The molecule has 0 aliphatic carbocycles. The lowest BCUT2D eigenvalue weighted by atomic mass is 10.4. The zero-order valence-electron chi connectivity index (χ0n) is 4.26. The average molecular weight is 115 g/mol. The van der Waals surface area contributed by atoms with E-state index in [2.05, 4.69) is 4.52 Å². The molecule has 0 fully saturated rings. The Kier molecular flexibility index (Phi) is 0.865. The Bertz CT molecular complexity index is 234. The van der Waals surface area contributed by atoms with E-state index in [9.17, 15) is 4.79 Å². The van der Waals surface area contributed by atoms with Gasteiger partial charge in [0, 0.05) is 0 Å². The standard InChI is InChI=1S/C4H5NO3/c1-2-3(6)5-8-4(2)7/h7H,1H3,(H,5,6). The van der Waals surface area contributed by atoms with Crippen LogP contribution in [0.1, 0.15) is 5.56 Å². The molecule has 0 bridgehead atoms. The maximum Gasteiger partial charge on any atom is 0.312 e. The van der Waals surface area contributed by atoms with Gasteiger partial charge in [0.1, 0.15) is 0 Å². The lowest BCUT2D eigenvalue weighted by Gasteiger charge is -1.74. The van der Waals surface area contributed by atoms with E-state index in [1.165, 1.54) is 6.92 Å². The van der Waals surface area contributed by atoms with Crippen molar-refractivity contribution in [3.63, 3.8) is 0 Å². The van der Waals surface area contributed by atoms with Crippen LogP contribution in [0.15, 0.2) is 9.32 Å². The molecule has 1 heterocycles. The summed E-state index contributed by atoms with van der Waals surface area (Å²) in [5, 5.41) is 10.5. The van der Waals surface area contributed by atoms with Crippen LogP contribution in [0.2, 0.25) is 0 Å². The Morgan fingerprint density at radius 3 is 2.50 bits per heavy atom. The highest BCUT2D eigenvalue weighted by molar-refractivity contribution is 5.14. The Morgan fingerprint density at radius 1 is 1.75 bits per heavy atom. The number of aromatic amines is 1. The first kappa shape index (κ1) is 4.96. The first-order chi connectivity index (χ1) is 3.72. The molecule has 0 aliphatic heterocycles. The number of aromatic hydroxyl groups is 1. The summed E-state index contributed by atoms with van der Waals surface area (Å²) in [6.07, 6.45) is 0. The lowest BCUT2D eigenvalue weighted by Crippen LogP contribution is -1.99. The van der Waals surface area contributed by atoms with Crippen molar-refractivity contribution in [2.75, 3.05) is 0 Å². The summed E-state index contributed by atoms with van der Waals surface area (Å²) in [6.45, 7) is 1.47. The number of rotatable bonds is 0. The van der Waals surface area contributed by atoms with Gasteiger partial charge < -0.3 is 9.63 Å². The molecule has 0 saturated heterocycles. The van der Waals surface area contributed by atoms with E-state index in [4.69, 9.17) is 5.11 Å². The number of hydrogen-bond acceptors (Lipinski definition) is 3. The number of aromatic nitrogens is 1. The van der Waals surface area contributed by atoms with Crippen LogP contribution in [-0.2, 0) is 0 Å². The molecule has 8 heavy (non-hydrogen) atoms. The predicted octanol–water partition coefficient (Wildman–Crippen LogP) is -0.0181. The predicted molar refractivity (Wildman–Crippen MR) is 25.7 cm³/mol. The topological polar surface area (TPSA) is 66.2 Å². The summed E-state index contributed by atoms with van der Waals surface area (Å²) in [5.74, 6) is -0.338. The smallest absolute Gasteiger partial charge is 0.312 e. The molecule has 4 nitrogen and oxygen atoms in total. The fourth-order valence-corrected chi connectivity index (χ4v) is 0.345. The highest BCUT2D eigenvalue weighted by Gasteiger charge is 2.02. The molecule has 0 unspecified atom stereocenters. The third-order valence-corrected chi connectivity index (χ3v) is 0.902. The Labute approximate surface area is 44.7 Å². The zero-order valence-corrected chi connectivity index (χ0v) is 4.26. The van der Waals surface area contributed by atoms with Crippen molar-refractivity contribution in [2.45, 2.75) is 6.92 Å². The molecule has 0 aliphatic rings. The molecule has 1 aromatic rings. The van der Waals surface area contributed by atoms with Crippen LogP contribution < -0.4 is 5.56 Å². The van der Waals surface area contributed by atoms with Crippen LogP contribution >= 0.6 is 0 Å². The van der Waals surface area contributed by atoms with Crippen LogP contribution in [0.4, 0.5) is 0 Å². The van der Waals surface area contributed by atoms with Gasteiger partial charge in [-0.15, -0.1) is 0 Å². The molecule has 0 radical (unpaired) electrons. The summed E-state index contributed by atoms with van der Waals surface area (Å²) in [6, 6.07) is 0. The summed E-state index contributed by atoms with van der Waals surface area (Å²) >= 11 is 0. The van der Waals surface area contributed by atoms with Crippen LogP contribution in [-0.4, -0.2) is 10.3 Å². The van der Waals surface area contributed by atoms with Gasteiger partial charge in [-0.3, -0.25) is 4.79 Å². The van der Waals surface area contributed by atoms with Crippen molar-refractivity contribution in [2.24, 2.45) is 0 Å². The van der Waals surface area contributed by atoms with Crippen molar-refractivity contribution in [1.82, 2.24) is 5.16 Å². The molecule has 4 heteroatoms. The molecule has 1 aromatic heterocycles. The van der Waals surface area contributed by atoms with Crippen LogP contribution in [0.3, 0.4) is 0 Å². The molecule has 1 rings (SSSR count). The van der Waals surface area contributed by atoms with Gasteiger partial charge in [-0.2, -0.15) is 5.16 Å². The minimum atomic E-state index is -0.387. The maximum absolute atomic E-state index is 10.3. The minimum Gasteiger partial charge on any atom is -0.479 e. The Morgan fingerprint density at radius 2 is 2.38 bits per heavy atom. The largest absolute Gasteiger partial charge is 0.479 e. The molecule has 2 N–H and O–H groups in total. The SMILES string of the molecule is Cc1c(O)o[nH]c1=O. The molecule has 0 spiro atoms. The van der Waals surface area contributed by atoms with Gasteiger partial charge >= 0.3 is 5.95 Å². The summed E-state index contributed by atoms with van der Waals surface area (Å²) in [4.78, 5) is 10.3. The maximum atomic E-state index is 10.3. The van der Waals surface area contributed by atoms with Gasteiger partial charge in [0.05, 0.1) is 5.56 Å². The lowest BCUT2D eigenvalue weighted by molar-refractivity contribution is 0.274. The molecule has 0 atom stereocenters. The average Bonchev–Trinajstić information content (AvgIpc) is 1.98. The molecule has 0 amide bonds. The van der Waals surface area contributed by atoms with Crippen molar-refractivity contribution in [3.8, 4) is 5.95 Å². The Hall–Kier alpha value is -1.19. The zero-order chi connectivity index (χ0) is 6.15. The van der Waals surface area contributed by atoms with E-state index in [1.807, 2.05) is 5.16 Å². The second-order valence-corrected chi connectivity index (χ2v) is 1.46. The van der Waals surface area contributed by atoms with Gasteiger partial charge in [-0.25, -0.2) is 0 Å². The number of nitrogens with one attached hydrogen (secondary N) is 1. The first-order valence-electron chi connectivity index (χ1n) is 2.09. The quantitative estimate of drug-likeness (QED) is 0.499. The normalized spacial score (nSPS) is 9.62. The van der Waals surface area contributed by atoms with Crippen molar-refractivity contribution in [3.05, 3.63) is 15.9 Å². The van der Waals surface area contributed by atoms with E-state index in [0.717, 1.165) is 0 Å². The van der Waals surface area contributed by atoms with Crippen molar-refractivity contribution < 1.29 is 9.63 Å². The summed E-state index contributed by atoms with van der Waals surface area (Å²) in [7, 11) is 0. The fraction of sp³-hybridized carbons (Fsp3) is 0.250. The van der Waals surface area contributed by atoms with Crippen molar-refractivity contribution >= 4 is 0 Å². The summed E-state index contributed by atoms with van der Waals surface area (Å²) in [5.41, 5.74) is -0.174. The Balaban J connectivity index is 3.41. The highest BCUT2D eigenvalue weighted by atomic mass is 16.6. The van der Waals surface area contributed by atoms with Gasteiger partial charge in [0.25, 0.3) is 5.56 Å². The van der Waals surface area contributed by atoms with E-state index in [0.29, 0.717) is 0 Å². The molecular formula is C4H5NO3. The van der Waals surface area contributed by atoms with Gasteiger partial charge in [-0.1, -0.05) is 0 Å². The minimum absolute atomic E-state index is 0.213. The van der Waals surface area contributed by atoms with Gasteiger partial charge in [-0.05, 0) is 6.92 Å². The monoisotopic (exact) mass is 115 g/mol. The van der Waals surface area contributed by atoms with E-state index < -0.39 is 0 Å². The van der Waals surface area contributed by atoms with E-state index in [-0.39, 0.29) is 17.1 Å². The van der Waals surface area contributed by atoms with Gasteiger partial charge in [0.2, 0.25) is 0 Å². The van der Waals surface area contributed by atoms with Gasteiger partial charge in [0.15, 0.2) is 0 Å². The second kappa shape index (κ2) is 1.40. The number of hydrogen-bond donors (Lipinski definition) is 2. The first-order valence-corrected chi connectivity index (χ1v) is 2.09. The second-order valence-electron chi connectivity index (χ2n) is 1.46. The van der Waals surface area contributed by atoms with E-state index >= 15 is 0 Å². The molecule has 0 aromatic carbocycles. The third kappa shape index (κ3) is 0.501. The molecular weight excluding hydrogens is 110 g/mol. The fourth-order valence-electron chi connectivity index (χ4n) is 0.345. The number of H-pyrrole nitrogens is 1. The third-order valence-electron chi connectivity index (χ3n) is 0.902. The molecule has 0 saturated carbocycles. The van der Waals surface area contributed by atoms with Crippen LogP contribution in [0.25, 0.3) is 0 Å².